The van der Waals surface area contributed by atoms with Crippen molar-refractivity contribution in [3.8, 4) is 0 Å². The normalized spacial score (nSPS) is 16.5. The average molecular weight is 381 g/mol. The van der Waals surface area contributed by atoms with Gasteiger partial charge in [0.1, 0.15) is 4.32 Å². The molecular formula is C18H24N2O3S2. The molecule has 25 heavy (non-hydrogen) atoms. The highest BCUT2D eigenvalue weighted by molar-refractivity contribution is 8.26. The van der Waals surface area contributed by atoms with E-state index in [4.69, 9.17) is 17.3 Å². The summed E-state index contributed by atoms with van der Waals surface area (Å²) in [5.74, 6) is -0.898. The van der Waals surface area contributed by atoms with E-state index < -0.39 is 5.97 Å². The molecule has 1 saturated heterocycles. The van der Waals surface area contributed by atoms with E-state index in [1.54, 1.807) is 4.90 Å². The number of hydrogen-bond acceptors (Lipinski definition) is 4. The topological polar surface area (TPSA) is 62.5 Å². The number of aryl methyl sites for hydroxylation is 1. The molecule has 1 aromatic rings. The molecule has 0 radical (unpaired) electrons. The lowest BCUT2D eigenvalue weighted by Gasteiger charge is -2.14. The Balaban J connectivity index is 2.12. The lowest BCUT2D eigenvalue weighted by Crippen LogP contribution is -2.29. The summed E-state index contributed by atoms with van der Waals surface area (Å²) in [4.78, 5) is 25.4. The minimum atomic E-state index is -0.814. The molecule has 0 aromatic carbocycles. The molecule has 5 nitrogen and oxygen atoms in total. The molecule has 7 heteroatoms. The predicted molar refractivity (Wildman–Crippen MR) is 106 cm³/mol. The Hall–Kier alpha value is -1.60. The second kappa shape index (κ2) is 8.19. The zero-order valence-corrected chi connectivity index (χ0v) is 16.7. The molecule has 0 bridgehead atoms. The van der Waals surface area contributed by atoms with Crippen LogP contribution in [-0.2, 0) is 9.59 Å². The summed E-state index contributed by atoms with van der Waals surface area (Å²) in [6, 6.07) is 2.46. The van der Waals surface area contributed by atoms with Crippen LogP contribution in [0.3, 0.4) is 0 Å². The van der Waals surface area contributed by atoms with Crippen molar-refractivity contribution in [2.75, 3.05) is 6.54 Å². The zero-order valence-electron chi connectivity index (χ0n) is 15.0. The molecule has 2 heterocycles. The summed E-state index contributed by atoms with van der Waals surface area (Å²) in [5, 5.41) is 8.68. The van der Waals surface area contributed by atoms with Gasteiger partial charge in [0.2, 0.25) is 0 Å². The van der Waals surface area contributed by atoms with Crippen LogP contribution in [0.5, 0.6) is 0 Å². The van der Waals surface area contributed by atoms with E-state index in [0.717, 1.165) is 11.3 Å². The van der Waals surface area contributed by atoms with Gasteiger partial charge in [0.05, 0.1) is 4.91 Å². The summed E-state index contributed by atoms with van der Waals surface area (Å²) in [5.41, 5.74) is 3.35. The second-order valence-corrected chi connectivity index (χ2v) is 8.15. The van der Waals surface area contributed by atoms with Gasteiger partial charge in [-0.25, -0.2) is 0 Å². The van der Waals surface area contributed by atoms with Crippen LogP contribution >= 0.6 is 24.0 Å². The maximum atomic E-state index is 12.6. The Kier molecular flexibility index (Phi) is 6.46. The number of carbonyl (C=O) groups is 2. The molecule has 0 saturated carbocycles. The SMILES string of the molecule is Cc1cc(/C=C2\SC(=S)N(CCCCC(=O)O)C2=O)c(C)n1C(C)C. The third kappa shape index (κ3) is 4.52. The third-order valence-electron chi connectivity index (χ3n) is 4.22. The summed E-state index contributed by atoms with van der Waals surface area (Å²) >= 11 is 6.64. The quantitative estimate of drug-likeness (QED) is 0.437. The van der Waals surface area contributed by atoms with Gasteiger partial charge in [0, 0.05) is 30.4 Å². The highest BCUT2D eigenvalue weighted by Gasteiger charge is 2.31. The molecule has 0 unspecified atom stereocenters. The van der Waals surface area contributed by atoms with E-state index >= 15 is 0 Å². The fourth-order valence-electron chi connectivity index (χ4n) is 3.12. The Morgan fingerprint density at radius 3 is 2.60 bits per heavy atom. The van der Waals surface area contributed by atoms with E-state index in [1.165, 1.54) is 17.5 Å². The van der Waals surface area contributed by atoms with Crippen LogP contribution in [0.25, 0.3) is 6.08 Å². The van der Waals surface area contributed by atoms with Gasteiger partial charge in [0.15, 0.2) is 0 Å². The maximum absolute atomic E-state index is 12.6. The minimum Gasteiger partial charge on any atom is -0.481 e. The van der Waals surface area contributed by atoms with Crippen LogP contribution < -0.4 is 0 Å². The summed E-state index contributed by atoms with van der Waals surface area (Å²) < 4.78 is 2.79. The number of carbonyl (C=O) groups excluding carboxylic acids is 1. The molecular weight excluding hydrogens is 356 g/mol. The standard InChI is InChI=1S/C18H24N2O3S2/c1-11(2)20-12(3)9-14(13(20)4)10-15-17(23)19(18(24)25-15)8-6-5-7-16(21)22/h9-11H,5-8H2,1-4H3,(H,21,22)/b15-10-. The molecule has 1 amide bonds. The number of hydrogen-bond donors (Lipinski definition) is 1. The first-order valence-corrected chi connectivity index (χ1v) is 9.60. The third-order valence-corrected chi connectivity index (χ3v) is 5.60. The van der Waals surface area contributed by atoms with E-state index in [-0.39, 0.29) is 12.3 Å². The lowest BCUT2D eigenvalue weighted by molar-refractivity contribution is -0.137. The number of carboxylic acids is 1. The van der Waals surface area contributed by atoms with E-state index in [0.29, 0.717) is 34.7 Å². The van der Waals surface area contributed by atoms with Gasteiger partial charge < -0.3 is 9.67 Å². The van der Waals surface area contributed by atoms with Gasteiger partial charge in [0.25, 0.3) is 5.91 Å². The predicted octanol–water partition coefficient (Wildman–Crippen LogP) is 4.14. The second-order valence-electron chi connectivity index (χ2n) is 6.47. The first-order chi connectivity index (χ1) is 11.7. The highest BCUT2D eigenvalue weighted by atomic mass is 32.2. The van der Waals surface area contributed by atoms with Crippen molar-refractivity contribution in [3.05, 3.63) is 27.9 Å². The van der Waals surface area contributed by atoms with E-state index in [2.05, 4.69) is 38.3 Å². The van der Waals surface area contributed by atoms with Crippen molar-refractivity contribution >= 4 is 46.3 Å². The Labute approximate surface area is 158 Å². The number of thiocarbonyl (C=S) groups is 1. The van der Waals surface area contributed by atoms with Crippen LogP contribution in [0.15, 0.2) is 11.0 Å². The van der Waals surface area contributed by atoms with Crippen molar-refractivity contribution in [3.63, 3.8) is 0 Å². The first-order valence-electron chi connectivity index (χ1n) is 8.38. The minimum absolute atomic E-state index is 0.0836. The van der Waals surface area contributed by atoms with Crippen LogP contribution in [0, 0.1) is 13.8 Å². The number of amides is 1. The van der Waals surface area contributed by atoms with Crippen LogP contribution in [0.1, 0.15) is 56.1 Å². The van der Waals surface area contributed by atoms with Crippen molar-refractivity contribution in [2.45, 2.75) is 53.0 Å². The fourth-order valence-corrected chi connectivity index (χ4v) is 4.42. The number of carboxylic acid groups (broad SMARTS) is 1. The molecule has 136 valence electrons. The van der Waals surface area contributed by atoms with Gasteiger partial charge in [-0.2, -0.15) is 0 Å². The summed E-state index contributed by atoms with van der Waals surface area (Å²) in [6.45, 7) is 8.88. The lowest BCUT2D eigenvalue weighted by atomic mass is 10.2. The van der Waals surface area contributed by atoms with Crippen LogP contribution in [0.4, 0.5) is 0 Å². The van der Waals surface area contributed by atoms with Gasteiger partial charge in [-0.1, -0.05) is 24.0 Å². The van der Waals surface area contributed by atoms with Gasteiger partial charge in [-0.15, -0.1) is 0 Å². The van der Waals surface area contributed by atoms with Crippen molar-refractivity contribution in [2.24, 2.45) is 0 Å². The monoisotopic (exact) mass is 380 g/mol. The Morgan fingerprint density at radius 2 is 2.04 bits per heavy atom. The van der Waals surface area contributed by atoms with Crippen molar-refractivity contribution in [1.29, 1.82) is 0 Å². The Morgan fingerprint density at radius 1 is 1.36 bits per heavy atom. The van der Waals surface area contributed by atoms with Crippen LogP contribution in [-0.4, -0.2) is 37.3 Å². The van der Waals surface area contributed by atoms with Gasteiger partial charge in [-0.3, -0.25) is 14.5 Å². The molecule has 1 aromatic heterocycles. The van der Waals surface area contributed by atoms with Crippen LogP contribution in [0.2, 0.25) is 0 Å². The summed E-state index contributed by atoms with van der Waals surface area (Å²) in [6.07, 6.45) is 3.21. The molecule has 0 atom stereocenters. The highest BCUT2D eigenvalue weighted by Crippen LogP contribution is 2.34. The Bertz CT molecular complexity index is 735. The number of unbranched alkanes of at least 4 members (excludes halogenated alkanes) is 1. The largest absolute Gasteiger partial charge is 0.481 e. The van der Waals surface area contributed by atoms with Crippen molar-refractivity contribution in [1.82, 2.24) is 9.47 Å². The first kappa shape index (κ1) is 19.7. The number of rotatable bonds is 7. The van der Waals surface area contributed by atoms with Crippen molar-refractivity contribution < 1.29 is 14.7 Å². The molecule has 1 aliphatic rings. The van der Waals surface area contributed by atoms with Gasteiger partial charge in [-0.05, 0) is 58.2 Å². The molecule has 1 fully saturated rings. The van der Waals surface area contributed by atoms with E-state index in [1.807, 2.05) is 6.08 Å². The fraction of sp³-hybridized carbons (Fsp3) is 0.500. The number of thioether (sulfide) groups is 1. The molecule has 1 aliphatic heterocycles. The molecule has 0 aliphatic carbocycles. The molecule has 0 spiro atoms. The number of aromatic nitrogens is 1. The molecule has 2 rings (SSSR count). The summed E-state index contributed by atoms with van der Waals surface area (Å²) in [7, 11) is 0. The number of aliphatic carboxylic acids is 1. The van der Waals surface area contributed by atoms with E-state index in [9.17, 15) is 9.59 Å². The zero-order chi connectivity index (χ0) is 18.7. The smallest absolute Gasteiger partial charge is 0.303 e. The number of nitrogens with zero attached hydrogens (tertiary/aromatic N) is 2. The average Bonchev–Trinajstić information content (AvgIpc) is 2.93. The maximum Gasteiger partial charge on any atom is 0.303 e. The molecule has 1 N–H and O–H groups in total. The van der Waals surface area contributed by atoms with Gasteiger partial charge >= 0.3 is 5.97 Å².